The molecule has 0 aliphatic heterocycles. The highest BCUT2D eigenvalue weighted by molar-refractivity contribution is 5.83. The van der Waals surface area contributed by atoms with Crippen molar-refractivity contribution in [3.63, 3.8) is 0 Å². The van der Waals surface area contributed by atoms with E-state index in [0.29, 0.717) is 16.7 Å². The fourth-order valence-electron chi connectivity index (χ4n) is 4.41. The summed E-state index contributed by atoms with van der Waals surface area (Å²) in [6.07, 6.45) is -1.22. The number of carboxylic acid groups (broad SMARTS) is 1. The van der Waals surface area contributed by atoms with Crippen molar-refractivity contribution in [1.29, 1.82) is 0 Å². The largest absolute Gasteiger partial charge is 0.480 e. The highest BCUT2D eigenvalue weighted by Gasteiger charge is 2.51. The van der Waals surface area contributed by atoms with Crippen LogP contribution in [0.4, 0.5) is 4.79 Å². The van der Waals surface area contributed by atoms with E-state index in [4.69, 9.17) is 10.5 Å². The first-order valence-electron chi connectivity index (χ1n) is 11.8. The minimum absolute atomic E-state index is 0.182. The van der Waals surface area contributed by atoms with Gasteiger partial charge in [-0.05, 0) is 43.9 Å². The van der Waals surface area contributed by atoms with Crippen molar-refractivity contribution in [3.05, 3.63) is 108 Å². The highest BCUT2D eigenvalue weighted by Crippen LogP contribution is 2.45. The van der Waals surface area contributed by atoms with E-state index in [9.17, 15) is 19.5 Å². The normalized spacial score (nSPS) is 12.4. The van der Waals surface area contributed by atoms with Gasteiger partial charge in [0, 0.05) is 6.42 Å². The van der Waals surface area contributed by atoms with Crippen molar-refractivity contribution >= 4 is 18.0 Å². The molecule has 1 atom stereocenters. The van der Waals surface area contributed by atoms with Gasteiger partial charge in [-0.15, -0.1) is 0 Å². The fourth-order valence-corrected chi connectivity index (χ4v) is 4.41. The van der Waals surface area contributed by atoms with Crippen LogP contribution in [-0.4, -0.2) is 39.6 Å². The summed E-state index contributed by atoms with van der Waals surface area (Å²) in [4.78, 5) is 39.8. The Morgan fingerprint density at radius 1 is 0.806 bits per heavy atom. The zero-order valence-corrected chi connectivity index (χ0v) is 20.8. The van der Waals surface area contributed by atoms with E-state index in [-0.39, 0.29) is 12.8 Å². The summed E-state index contributed by atoms with van der Waals surface area (Å²) < 4.78 is 5.82. The number of carboxylic acids is 1. The van der Waals surface area contributed by atoms with Crippen LogP contribution in [0.15, 0.2) is 91.0 Å². The third-order valence-electron chi connectivity index (χ3n) is 5.79. The molecule has 0 unspecified atom stereocenters. The van der Waals surface area contributed by atoms with Gasteiger partial charge in [-0.1, -0.05) is 91.0 Å². The lowest BCUT2D eigenvalue weighted by atomic mass is 9.74. The Morgan fingerprint density at radius 2 is 1.19 bits per heavy atom. The van der Waals surface area contributed by atoms with Gasteiger partial charge in [-0.25, -0.2) is 9.59 Å². The number of primary amides is 1. The fraction of sp³-hybridized carbons (Fsp3) is 0.276. The molecule has 3 aromatic rings. The summed E-state index contributed by atoms with van der Waals surface area (Å²) in [6, 6.07) is 26.3. The van der Waals surface area contributed by atoms with E-state index < -0.39 is 35.2 Å². The van der Waals surface area contributed by atoms with Gasteiger partial charge in [0.1, 0.15) is 17.2 Å². The predicted molar refractivity (Wildman–Crippen MR) is 137 cm³/mol. The monoisotopic (exact) mass is 488 g/mol. The van der Waals surface area contributed by atoms with Crippen LogP contribution in [0.3, 0.4) is 0 Å². The first kappa shape index (κ1) is 26.5. The van der Waals surface area contributed by atoms with Gasteiger partial charge in [0.15, 0.2) is 0 Å². The molecule has 0 aliphatic rings. The summed E-state index contributed by atoms with van der Waals surface area (Å²) in [6.45, 7) is 5.16. The van der Waals surface area contributed by atoms with Crippen LogP contribution in [0.25, 0.3) is 0 Å². The van der Waals surface area contributed by atoms with Gasteiger partial charge in [-0.2, -0.15) is 0 Å². The van der Waals surface area contributed by atoms with Gasteiger partial charge in [0.05, 0.1) is 0 Å². The quantitative estimate of drug-likeness (QED) is 0.415. The van der Waals surface area contributed by atoms with Crippen LogP contribution in [0.5, 0.6) is 0 Å². The predicted octanol–water partition coefficient (Wildman–Crippen LogP) is 4.93. The average molecular weight is 489 g/mol. The molecule has 0 aromatic heterocycles. The number of nitrogens with zero attached hydrogens (tertiary/aromatic N) is 1. The smallest absolute Gasteiger partial charge is 0.412 e. The van der Waals surface area contributed by atoms with Crippen molar-refractivity contribution in [1.82, 2.24) is 4.90 Å². The zero-order valence-electron chi connectivity index (χ0n) is 20.8. The number of hydrogen-bond donors (Lipinski definition) is 2. The summed E-state index contributed by atoms with van der Waals surface area (Å²) in [7, 11) is 0. The van der Waals surface area contributed by atoms with Crippen molar-refractivity contribution < 1.29 is 24.2 Å². The molecule has 36 heavy (non-hydrogen) atoms. The van der Waals surface area contributed by atoms with Crippen molar-refractivity contribution in [2.24, 2.45) is 5.73 Å². The van der Waals surface area contributed by atoms with Crippen LogP contribution in [-0.2, 0) is 19.9 Å². The lowest BCUT2D eigenvalue weighted by Gasteiger charge is -2.47. The number of rotatable bonds is 9. The van der Waals surface area contributed by atoms with Crippen molar-refractivity contribution in [2.75, 3.05) is 0 Å². The van der Waals surface area contributed by atoms with Crippen LogP contribution >= 0.6 is 0 Å². The first-order valence-corrected chi connectivity index (χ1v) is 11.8. The second-order valence-electron chi connectivity index (χ2n) is 9.52. The third-order valence-corrected chi connectivity index (χ3v) is 5.79. The van der Waals surface area contributed by atoms with Gasteiger partial charge in [0.25, 0.3) is 0 Å². The molecule has 0 aliphatic carbocycles. The van der Waals surface area contributed by atoms with Gasteiger partial charge >= 0.3 is 12.1 Å². The molecule has 0 spiro atoms. The van der Waals surface area contributed by atoms with E-state index >= 15 is 0 Å². The summed E-state index contributed by atoms with van der Waals surface area (Å²) in [5, 5.41) is 10.4. The van der Waals surface area contributed by atoms with E-state index in [1.807, 2.05) is 91.0 Å². The molecule has 3 rings (SSSR count). The summed E-state index contributed by atoms with van der Waals surface area (Å²) in [5.41, 5.74) is 5.09. The third kappa shape index (κ3) is 5.74. The second-order valence-corrected chi connectivity index (χ2v) is 9.52. The maximum atomic E-state index is 14.0. The molecule has 2 amide bonds. The molecule has 7 nitrogen and oxygen atoms in total. The molecule has 0 heterocycles. The lowest BCUT2D eigenvalue weighted by Crippen LogP contribution is -2.59. The molecule has 0 fully saturated rings. The SMILES string of the molecule is CC(C)(C)OC(=O)N([C@H](CCC(N)=O)C(=O)O)C(c1ccccc1)(c1ccccc1)c1ccccc1. The molecule has 0 saturated heterocycles. The first-order chi connectivity index (χ1) is 17.1. The molecule has 0 radical (unpaired) electrons. The maximum absolute atomic E-state index is 14.0. The zero-order chi connectivity index (χ0) is 26.3. The Kier molecular flexibility index (Phi) is 8.14. The van der Waals surface area contributed by atoms with E-state index in [0.717, 1.165) is 0 Å². The Balaban J connectivity index is 2.46. The minimum atomic E-state index is -1.42. The number of aliphatic carboxylic acids is 1. The van der Waals surface area contributed by atoms with E-state index in [1.54, 1.807) is 20.8 Å². The molecule has 3 aromatic carbocycles. The standard InChI is InChI=1S/C29H32N2O5/c1-28(2,3)36-27(35)31(24(26(33)34)19-20-25(30)32)29(21-13-7-4-8-14-21,22-15-9-5-10-16-22)23-17-11-6-12-18-23/h4-18,24H,19-20H2,1-3H3,(H2,30,32)(H,33,34)/t24-/m1/s1. The molecule has 3 N–H and O–H groups in total. The van der Waals surface area contributed by atoms with Gasteiger partial charge in [-0.3, -0.25) is 9.69 Å². The van der Waals surface area contributed by atoms with Crippen molar-refractivity contribution in [2.45, 2.75) is 50.8 Å². The van der Waals surface area contributed by atoms with Crippen LogP contribution in [0.1, 0.15) is 50.3 Å². The number of amides is 2. The van der Waals surface area contributed by atoms with E-state index in [2.05, 4.69) is 0 Å². The van der Waals surface area contributed by atoms with Crippen LogP contribution in [0.2, 0.25) is 0 Å². The number of ether oxygens (including phenoxy) is 1. The lowest BCUT2D eigenvalue weighted by molar-refractivity contribution is -0.145. The Morgan fingerprint density at radius 3 is 1.50 bits per heavy atom. The minimum Gasteiger partial charge on any atom is -0.480 e. The van der Waals surface area contributed by atoms with Crippen LogP contribution in [0, 0.1) is 0 Å². The number of carbonyl (C=O) groups is 3. The topological polar surface area (TPSA) is 110 Å². The van der Waals surface area contributed by atoms with Crippen molar-refractivity contribution in [3.8, 4) is 0 Å². The highest BCUT2D eigenvalue weighted by atomic mass is 16.6. The molecule has 7 heteroatoms. The average Bonchev–Trinajstić information content (AvgIpc) is 2.84. The summed E-state index contributed by atoms with van der Waals surface area (Å²) >= 11 is 0. The Hall–Kier alpha value is -4.13. The van der Waals surface area contributed by atoms with Gasteiger partial charge < -0.3 is 15.6 Å². The number of hydrogen-bond acceptors (Lipinski definition) is 4. The number of benzene rings is 3. The van der Waals surface area contributed by atoms with Crippen LogP contribution < -0.4 is 5.73 Å². The Bertz CT molecular complexity index is 1080. The number of nitrogens with two attached hydrogens (primary N) is 1. The molecule has 188 valence electrons. The molecule has 0 bridgehead atoms. The second kappa shape index (κ2) is 11.1. The molecular formula is C29H32N2O5. The molecule has 0 saturated carbocycles. The Labute approximate surface area is 211 Å². The van der Waals surface area contributed by atoms with E-state index in [1.165, 1.54) is 4.90 Å². The number of carbonyl (C=O) groups excluding carboxylic acids is 2. The maximum Gasteiger partial charge on any atom is 0.412 e. The van der Waals surface area contributed by atoms with Gasteiger partial charge in [0.2, 0.25) is 5.91 Å². The molecular weight excluding hydrogens is 456 g/mol. The summed E-state index contributed by atoms with van der Waals surface area (Å²) in [5.74, 6) is -1.93.